The fourth-order valence-electron chi connectivity index (χ4n) is 6.24. The van der Waals surface area contributed by atoms with Crippen LogP contribution in [0, 0.1) is 0 Å². The van der Waals surface area contributed by atoms with E-state index in [4.69, 9.17) is 0 Å². The molecule has 3 heteroatoms. The van der Waals surface area contributed by atoms with Crippen LogP contribution in [-0.4, -0.2) is 4.57 Å². The first kappa shape index (κ1) is 22.0. The van der Waals surface area contributed by atoms with Gasteiger partial charge in [-0.05, 0) is 58.8 Å². The second kappa shape index (κ2) is 8.78. The molecule has 0 fully saturated rings. The summed E-state index contributed by atoms with van der Waals surface area (Å²) in [5, 5.41) is 12.8. The van der Waals surface area contributed by atoms with E-state index in [1.54, 1.807) is 0 Å². The van der Waals surface area contributed by atoms with E-state index in [1.165, 1.54) is 49.3 Å². The minimum Gasteiger partial charge on any atom is -0.376 e. The maximum absolute atomic E-state index is 3.82. The molecule has 1 aromatic heterocycles. The molecule has 39 heavy (non-hydrogen) atoms. The Morgan fingerprint density at radius 1 is 0.590 bits per heavy atom. The van der Waals surface area contributed by atoms with Crippen LogP contribution in [0.5, 0.6) is 0 Å². The second-order valence-electron chi connectivity index (χ2n) is 10.4. The molecule has 0 spiro atoms. The molecular weight excluding hydrogens is 474 g/mol. The van der Waals surface area contributed by atoms with Crippen molar-refractivity contribution in [1.29, 1.82) is 0 Å². The Bertz CT molecular complexity index is 1990. The molecule has 1 atom stereocenters. The van der Waals surface area contributed by atoms with Crippen molar-refractivity contribution in [2.45, 2.75) is 12.6 Å². The van der Waals surface area contributed by atoms with Crippen LogP contribution < -0.4 is 10.6 Å². The Morgan fingerprint density at radius 3 is 2.10 bits per heavy atom. The zero-order valence-corrected chi connectivity index (χ0v) is 21.4. The first-order chi connectivity index (χ1) is 19.3. The average Bonchev–Trinajstić information content (AvgIpc) is 3.49. The number of hydrogen-bond acceptors (Lipinski definition) is 2. The average molecular weight is 502 g/mol. The molecule has 2 N–H and O–H groups in total. The van der Waals surface area contributed by atoms with Gasteiger partial charge < -0.3 is 15.2 Å². The normalized spacial score (nSPS) is 14.3. The predicted molar refractivity (Wildman–Crippen MR) is 165 cm³/mol. The van der Waals surface area contributed by atoms with Crippen molar-refractivity contribution in [2.75, 3.05) is 10.6 Å². The standard InChI is InChI=1S/C36H27N3/c1-3-11-24(12-4-1)29-17-9-10-18-33(29)38-28-21-31-30-19-25-13-7-8-14-26(25)20-35(30)39-23-34(32(22-28)36(31)39)37-27-15-5-2-6-16-27/h1-22,34,37-38H,23H2. The fourth-order valence-corrected chi connectivity index (χ4v) is 6.24. The van der Waals surface area contributed by atoms with Gasteiger partial charge in [0.05, 0.1) is 11.6 Å². The number of hydrogen-bond donors (Lipinski definition) is 2. The minimum atomic E-state index is 0.187. The van der Waals surface area contributed by atoms with Gasteiger partial charge in [-0.1, -0.05) is 91.0 Å². The lowest BCUT2D eigenvalue weighted by Crippen LogP contribution is -2.11. The molecular formula is C36H27N3. The zero-order chi connectivity index (χ0) is 25.8. The molecule has 0 aliphatic carbocycles. The van der Waals surface area contributed by atoms with Crippen LogP contribution in [0.1, 0.15) is 11.6 Å². The quantitative estimate of drug-likeness (QED) is 0.246. The third-order valence-corrected chi connectivity index (χ3v) is 8.00. The van der Waals surface area contributed by atoms with Crippen molar-refractivity contribution in [1.82, 2.24) is 4.57 Å². The summed E-state index contributed by atoms with van der Waals surface area (Å²) in [4.78, 5) is 0. The third-order valence-electron chi connectivity index (χ3n) is 8.00. The molecule has 0 amide bonds. The fraction of sp³-hybridized carbons (Fsp3) is 0.0556. The molecule has 3 nitrogen and oxygen atoms in total. The molecule has 2 heterocycles. The van der Waals surface area contributed by atoms with E-state index in [0.717, 1.165) is 23.6 Å². The highest BCUT2D eigenvalue weighted by Crippen LogP contribution is 2.44. The first-order valence-electron chi connectivity index (χ1n) is 13.5. The predicted octanol–water partition coefficient (Wildman–Crippen LogP) is 9.53. The molecule has 186 valence electrons. The largest absolute Gasteiger partial charge is 0.376 e. The molecule has 0 saturated carbocycles. The molecule has 1 aliphatic rings. The molecule has 8 rings (SSSR count). The topological polar surface area (TPSA) is 29.0 Å². The van der Waals surface area contributed by atoms with Crippen molar-refractivity contribution >= 4 is 49.6 Å². The zero-order valence-electron chi connectivity index (χ0n) is 21.4. The Labute approximate surface area is 227 Å². The smallest absolute Gasteiger partial charge is 0.0714 e. The number of aromatic nitrogens is 1. The van der Waals surface area contributed by atoms with Crippen LogP contribution in [-0.2, 0) is 6.54 Å². The summed E-state index contributed by atoms with van der Waals surface area (Å²) in [6.07, 6.45) is 0. The number of benzene rings is 6. The van der Waals surface area contributed by atoms with E-state index in [9.17, 15) is 0 Å². The molecule has 1 aliphatic heterocycles. The lowest BCUT2D eigenvalue weighted by molar-refractivity contribution is 0.686. The monoisotopic (exact) mass is 501 g/mol. The number of rotatable bonds is 5. The van der Waals surface area contributed by atoms with Crippen molar-refractivity contribution in [3.05, 3.63) is 139 Å². The van der Waals surface area contributed by atoms with Gasteiger partial charge in [0.1, 0.15) is 0 Å². The lowest BCUT2D eigenvalue weighted by atomic mass is 10.00. The Hall–Kier alpha value is -5.02. The number of fused-ring (bicyclic) bond motifs is 4. The number of para-hydroxylation sites is 2. The van der Waals surface area contributed by atoms with Crippen LogP contribution in [0.4, 0.5) is 17.1 Å². The maximum atomic E-state index is 3.82. The Balaban J connectivity index is 1.32. The molecule has 0 radical (unpaired) electrons. The Morgan fingerprint density at radius 2 is 1.28 bits per heavy atom. The van der Waals surface area contributed by atoms with Gasteiger partial charge in [-0.3, -0.25) is 0 Å². The van der Waals surface area contributed by atoms with E-state index in [0.29, 0.717) is 0 Å². The first-order valence-corrected chi connectivity index (χ1v) is 13.5. The van der Waals surface area contributed by atoms with E-state index in [2.05, 4.69) is 149 Å². The summed E-state index contributed by atoms with van der Waals surface area (Å²) in [5.41, 5.74) is 9.71. The van der Waals surface area contributed by atoms with Gasteiger partial charge in [0, 0.05) is 51.0 Å². The number of nitrogens with zero attached hydrogens (tertiary/aromatic N) is 1. The van der Waals surface area contributed by atoms with Gasteiger partial charge in [0.2, 0.25) is 0 Å². The summed E-state index contributed by atoms with van der Waals surface area (Å²) in [7, 11) is 0. The van der Waals surface area contributed by atoms with Crippen LogP contribution in [0.2, 0.25) is 0 Å². The van der Waals surface area contributed by atoms with Gasteiger partial charge >= 0.3 is 0 Å². The summed E-state index contributed by atoms with van der Waals surface area (Å²) >= 11 is 0. The van der Waals surface area contributed by atoms with E-state index < -0.39 is 0 Å². The highest BCUT2D eigenvalue weighted by molar-refractivity contribution is 6.15. The van der Waals surface area contributed by atoms with Crippen molar-refractivity contribution in [2.24, 2.45) is 0 Å². The SMILES string of the molecule is c1ccc(NC2Cn3c4cc5ccccc5cc4c4cc(Nc5ccccc5-c5ccccc5)cc2c43)cc1. The third kappa shape index (κ3) is 3.66. The van der Waals surface area contributed by atoms with Crippen LogP contribution in [0.3, 0.4) is 0 Å². The van der Waals surface area contributed by atoms with E-state index in [1.807, 2.05) is 0 Å². The highest BCUT2D eigenvalue weighted by atomic mass is 15.1. The summed E-state index contributed by atoms with van der Waals surface area (Å²) in [6, 6.07) is 47.9. The van der Waals surface area contributed by atoms with Crippen molar-refractivity contribution in [3.63, 3.8) is 0 Å². The number of nitrogens with one attached hydrogen (secondary N) is 2. The number of anilines is 3. The lowest BCUT2D eigenvalue weighted by Gasteiger charge is -2.18. The van der Waals surface area contributed by atoms with Gasteiger partial charge in [0.25, 0.3) is 0 Å². The minimum absolute atomic E-state index is 0.187. The van der Waals surface area contributed by atoms with Gasteiger partial charge in [-0.25, -0.2) is 0 Å². The van der Waals surface area contributed by atoms with Gasteiger partial charge in [-0.15, -0.1) is 0 Å². The van der Waals surface area contributed by atoms with Crippen molar-refractivity contribution in [3.8, 4) is 11.1 Å². The highest BCUT2D eigenvalue weighted by Gasteiger charge is 2.28. The summed E-state index contributed by atoms with van der Waals surface area (Å²) in [5.74, 6) is 0. The molecule has 0 bridgehead atoms. The maximum Gasteiger partial charge on any atom is 0.0714 e. The summed E-state index contributed by atoms with van der Waals surface area (Å²) in [6.45, 7) is 0.895. The second-order valence-corrected chi connectivity index (χ2v) is 10.4. The van der Waals surface area contributed by atoms with Crippen molar-refractivity contribution < 1.29 is 0 Å². The molecule has 7 aromatic rings. The van der Waals surface area contributed by atoms with Gasteiger partial charge in [0.15, 0.2) is 0 Å². The van der Waals surface area contributed by atoms with Crippen LogP contribution in [0.15, 0.2) is 133 Å². The van der Waals surface area contributed by atoms with Crippen LogP contribution in [0.25, 0.3) is 43.7 Å². The van der Waals surface area contributed by atoms with Crippen LogP contribution >= 0.6 is 0 Å². The molecule has 6 aromatic carbocycles. The van der Waals surface area contributed by atoms with Gasteiger partial charge in [-0.2, -0.15) is 0 Å². The van der Waals surface area contributed by atoms with E-state index in [-0.39, 0.29) is 6.04 Å². The van der Waals surface area contributed by atoms with E-state index >= 15 is 0 Å². The molecule has 0 saturated heterocycles. The Kier molecular flexibility index (Phi) is 4.95. The molecule has 1 unspecified atom stereocenters. The summed E-state index contributed by atoms with van der Waals surface area (Å²) < 4.78 is 2.51.